The number of oxime groups is 1. The maximum absolute atomic E-state index is 11.0. The monoisotopic (exact) mass is 267 g/mol. The van der Waals surface area contributed by atoms with Crippen molar-refractivity contribution in [3.8, 4) is 5.75 Å². The number of amidine groups is 1. The van der Waals surface area contributed by atoms with Crippen LogP contribution in [0.4, 0.5) is 5.69 Å². The van der Waals surface area contributed by atoms with Crippen LogP contribution in [0.5, 0.6) is 5.75 Å². The average molecular weight is 267 g/mol. The predicted molar refractivity (Wildman–Crippen MR) is 70.6 cm³/mol. The fourth-order valence-corrected chi connectivity index (χ4v) is 1.66. The number of hydrogen-bond donors (Lipinski definition) is 2. The average Bonchev–Trinajstić information content (AvgIpc) is 2.38. The zero-order valence-corrected chi connectivity index (χ0v) is 10.9. The van der Waals surface area contributed by atoms with E-state index in [2.05, 4.69) is 5.16 Å². The van der Waals surface area contributed by atoms with Crippen LogP contribution < -0.4 is 10.5 Å². The largest absolute Gasteiger partial charge is 0.484 e. The minimum absolute atomic E-state index is 0.113. The zero-order valence-electron chi connectivity index (χ0n) is 10.9. The Kier molecular flexibility index (Phi) is 5.11. The first-order valence-electron chi connectivity index (χ1n) is 5.92. The fraction of sp³-hybridized carbons (Fsp3) is 0.417. The molecule has 0 heterocycles. The molecule has 1 unspecified atom stereocenters. The lowest BCUT2D eigenvalue weighted by Gasteiger charge is -2.14. The molecule has 0 amide bonds. The van der Waals surface area contributed by atoms with Crippen LogP contribution >= 0.6 is 0 Å². The first kappa shape index (κ1) is 14.7. The van der Waals surface area contributed by atoms with Crippen molar-refractivity contribution in [2.75, 3.05) is 0 Å². The van der Waals surface area contributed by atoms with Crippen LogP contribution in [0.2, 0.25) is 0 Å². The second-order valence-electron chi connectivity index (χ2n) is 4.14. The van der Waals surface area contributed by atoms with E-state index < -0.39 is 4.92 Å². The second kappa shape index (κ2) is 6.58. The topological polar surface area (TPSA) is 111 Å². The molecule has 1 atom stereocenters. The summed E-state index contributed by atoms with van der Waals surface area (Å²) >= 11 is 0. The van der Waals surface area contributed by atoms with Gasteiger partial charge in [0, 0.05) is 11.6 Å². The van der Waals surface area contributed by atoms with Gasteiger partial charge in [-0.25, -0.2) is 0 Å². The van der Waals surface area contributed by atoms with E-state index in [0.29, 0.717) is 0 Å². The van der Waals surface area contributed by atoms with Gasteiger partial charge >= 0.3 is 5.69 Å². The molecule has 19 heavy (non-hydrogen) atoms. The second-order valence-corrected chi connectivity index (χ2v) is 4.14. The molecular formula is C12H17N3O4. The Balaban J connectivity index is 3.08. The van der Waals surface area contributed by atoms with Gasteiger partial charge in [-0.2, -0.15) is 0 Å². The lowest BCUT2D eigenvalue weighted by molar-refractivity contribution is -0.386. The smallest absolute Gasteiger partial charge is 0.311 e. The number of nitro benzene ring substituents is 1. The van der Waals surface area contributed by atoms with Crippen molar-refractivity contribution in [2.24, 2.45) is 10.9 Å². The van der Waals surface area contributed by atoms with Crippen LogP contribution in [-0.2, 0) is 0 Å². The summed E-state index contributed by atoms with van der Waals surface area (Å²) in [5, 5.41) is 22.4. The van der Waals surface area contributed by atoms with Gasteiger partial charge in [0.05, 0.1) is 11.0 Å². The molecule has 0 spiro atoms. The minimum atomic E-state index is -0.553. The predicted octanol–water partition coefficient (Wildman–Crippen LogP) is 2.26. The summed E-state index contributed by atoms with van der Waals surface area (Å²) in [5.41, 5.74) is 5.47. The Morgan fingerprint density at radius 1 is 1.63 bits per heavy atom. The van der Waals surface area contributed by atoms with Crippen molar-refractivity contribution < 1.29 is 14.9 Å². The third kappa shape index (κ3) is 3.84. The van der Waals surface area contributed by atoms with Gasteiger partial charge in [-0.05, 0) is 25.5 Å². The zero-order chi connectivity index (χ0) is 14.4. The molecule has 0 aliphatic heterocycles. The van der Waals surface area contributed by atoms with Crippen molar-refractivity contribution in [1.82, 2.24) is 0 Å². The molecule has 7 nitrogen and oxygen atoms in total. The number of nitrogens with two attached hydrogens (primary N) is 1. The molecule has 0 saturated heterocycles. The summed E-state index contributed by atoms with van der Waals surface area (Å²) in [4.78, 5) is 10.5. The van der Waals surface area contributed by atoms with Gasteiger partial charge in [0.2, 0.25) is 0 Å². The molecule has 0 aliphatic rings. The van der Waals surface area contributed by atoms with Crippen LogP contribution in [0.25, 0.3) is 0 Å². The molecule has 0 bridgehead atoms. The van der Waals surface area contributed by atoms with Gasteiger partial charge in [0.25, 0.3) is 0 Å². The maximum Gasteiger partial charge on any atom is 0.311 e. The highest BCUT2D eigenvalue weighted by Crippen LogP contribution is 2.29. The van der Waals surface area contributed by atoms with Gasteiger partial charge in [-0.1, -0.05) is 18.5 Å². The van der Waals surface area contributed by atoms with Crippen LogP contribution in [0.15, 0.2) is 23.4 Å². The van der Waals surface area contributed by atoms with Crippen molar-refractivity contribution in [3.63, 3.8) is 0 Å². The molecule has 0 saturated carbocycles. The maximum atomic E-state index is 11.0. The van der Waals surface area contributed by atoms with E-state index in [9.17, 15) is 10.1 Å². The van der Waals surface area contributed by atoms with Crippen molar-refractivity contribution in [1.29, 1.82) is 0 Å². The Bertz CT molecular complexity index is 488. The van der Waals surface area contributed by atoms with Gasteiger partial charge in [-0.15, -0.1) is 0 Å². The summed E-state index contributed by atoms with van der Waals surface area (Å²) < 4.78 is 5.53. The Morgan fingerprint density at radius 3 is 2.84 bits per heavy atom. The third-order valence-corrected chi connectivity index (χ3v) is 2.58. The van der Waals surface area contributed by atoms with Crippen molar-refractivity contribution >= 4 is 11.5 Å². The molecule has 0 aliphatic carbocycles. The Labute approximate surface area is 110 Å². The molecule has 1 rings (SSSR count). The number of nitrogens with zero attached hydrogens (tertiary/aromatic N) is 2. The summed E-state index contributed by atoms with van der Waals surface area (Å²) in [6.45, 7) is 3.86. The van der Waals surface area contributed by atoms with Gasteiger partial charge < -0.3 is 15.7 Å². The first-order valence-corrected chi connectivity index (χ1v) is 5.92. The normalized spacial score (nSPS) is 13.1. The van der Waals surface area contributed by atoms with Gasteiger partial charge in [0.1, 0.15) is 0 Å². The minimum Gasteiger partial charge on any atom is -0.484 e. The van der Waals surface area contributed by atoms with Crippen LogP contribution in [0, 0.1) is 10.1 Å². The van der Waals surface area contributed by atoms with Crippen molar-refractivity contribution in [3.05, 3.63) is 33.9 Å². The molecule has 7 heteroatoms. The van der Waals surface area contributed by atoms with E-state index in [-0.39, 0.29) is 28.9 Å². The molecule has 0 fully saturated rings. The SMILES string of the molecule is CCCC(C)Oc1ccc(/C(N)=N/O)cc1[N+](=O)[O-]. The lowest BCUT2D eigenvalue weighted by atomic mass is 10.1. The number of benzene rings is 1. The fourth-order valence-electron chi connectivity index (χ4n) is 1.66. The van der Waals surface area contributed by atoms with E-state index in [1.165, 1.54) is 18.2 Å². The highest BCUT2D eigenvalue weighted by atomic mass is 16.6. The number of hydrogen-bond acceptors (Lipinski definition) is 5. The lowest BCUT2D eigenvalue weighted by Crippen LogP contribution is -2.15. The molecule has 0 aromatic heterocycles. The van der Waals surface area contributed by atoms with Gasteiger partial charge in [0.15, 0.2) is 11.6 Å². The van der Waals surface area contributed by atoms with E-state index in [1.54, 1.807) is 0 Å². The van der Waals surface area contributed by atoms with Crippen LogP contribution in [0.3, 0.4) is 0 Å². The molecular weight excluding hydrogens is 250 g/mol. The van der Waals surface area contributed by atoms with Crippen LogP contribution in [0.1, 0.15) is 32.3 Å². The quantitative estimate of drug-likeness (QED) is 0.270. The molecule has 0 radical (unpaired) electrons. The number of ether oxygens (including phenoxy) is 1. The first-order chi connectivity index (χ1) is 8.99. The van der Waals surface area contributed by atoms with E-state index in [4.69, 9.17) is 15.7 Å². The molecule has 1 aromatic rings. The summed E-state index contributed by atoms with van der Waals surface area (Å²) in [5.74, 6) is -0.00306. The standard InChI is InChI=1S/C12H17N3O4/c1-3-4-8(2)19-11-6-5-9(12(13)14-16)7-10(11)15(17)18/h5-8,16H,3-4H2,1-2H3,(H2,13,14). The molecule has 3 N–H and O–H groups in total. The molecule has 1 aromatic carbocycles. The number of nitro groups is 1. The number of rotatable bonds is 6. The Hall–Kier alpha value is -2.31. The summed E-state index contributed by atoms with van der Waals surface area (Å²) in [6, 6.07) is 4.19. The van der Waals surface area contributed by atoms with Crippen LogP contribution in [-0.4, -0.2) is 22.1 Å². The van der Waals surface area contributed by atoms with Crippen molar-refractivity contribution in [2.45, 2.75) is 32.8 Å². The van der Waals surface area contributed by atoms with E-state index >= 15 is 0 Å². The van der Waals surface area contributed by atoms with E-state index in [1.807, 2.05) is 13.8 Å². The summed E-state index contributed by atoms with van der Waals surface area (Å²) in [6.07, 6.45) is 1.62. The highest BCUT2D eigenvalue weighted by Gasteiger charge is 2.19. The van der Waals surface area contributed by atoms with Gasteiger partial charge in [-0.3, -0.25) is 10.1 Å². The Morgan fingerprint density at radius 2 is 2.32 bits per heavy atom. The third-order valence-electron chi connectivity index (χ3n) is 2.58. The summed E-state index contributed by atoms with van der Waals surface area (Å²) in [7, 11) is 0. The molecule has 104 valence electrons. The van der Waals surface area contributed by atoms with E-state index in [0.717, 1.165) is 12.8 Å². The highest BCUT2D eigenvalue weighted by molar-refractivity contribution is 5.97.